The van der Waals surface area contributed by atoms with E-state index in [2.05, 4.69) is 20.8 Å². The van der Waals surface area contributed by atoms with Crippen LogP contribution in [0.25, 0.3) is 0 Å². The van der Waals surface area contributed by atoms with E-state index in [1.54, 1.807) is 0 Å². The van der Waals surface area contributed by atoms with Gasteiger partial charge in [-0.15, -0.1) is 0 Å². The molecule has 0 N–H and O–H groups in total. The van der Waals surface area contributed by atoms with Crippen LogP contribution in [0.1, 0.15) is 59.3 Å². The molecule has 0 aromatic heterocycles. The fraction of sp³-hybridized carbons (Fsp3) is 0.875. The second kappa shape index (κ2) is 4.74. The Kier molecular flexibility index (Phi) is 3.30. The standard InChI is InChI=1S/C16H26N2O2/c1-11(2)13-15(20)17-10-5-4-7-12(17)14(19)18(13)16(3)8-6-9-16/h11-13H,4-10H2,1-3H3. The van der Waals surface area contributed by atoms with Crippen molar-refractivity contribution < 1.29 is 9.59 Å². The van der Waals surface area contributed by atoms with Crippen molar-refractivity contribution in [2.75, 3.05) is 6.54 Å². The van der Waals surface area contributed by atoms with Gasteiger partial charge in [0.15, 0.2) is 0 Å². The molecule has 2 saturated heterocycles. The first-order valence-electron chi connectivity index (χ1n) is 8.09. The molecule has 0 radical (unpaired) electrons. The monoisotopic (exact) mass is 278 g/mol. The van der Waals surface area contributed by atoms with Gasteiger partial charge in [-0.05, 0) is 51.4 Å². The first-order chi connectivity index (χ1) is 9.46. The Labute approximate surface area is 121 Å². The molecule has 20 heavy (non-hydrogen) atoms. The van der Waals surface area contributed by atoms with Gasteiger partial charge >= 0.3 is 0 Å². The van der Waals surface area contributed by atoms with E-state index in [0.29, 0.717) is 0 Å². The molecular weight excluding hydrogens is 252 g/mol. The first-order valence-corrected chi connectivity index (χ1v) is 8.09. The predicted molar refractivity (Wildman–Crippen MR) is 77.1 cm³/mol. The Balaban J connectivity index is 1.97. The molecule has 2 heterocycles. The maximum atomic E-state index is 13.0. The Morgan fingerprint density at radius 3 is 2.35 bits per heavy atom. The minimum absolute atomic E-state index is 0.0782. The van der Waals surface area contributed by atoms with Crippen molar-refractivity contribution in [1.82, 2.24) is 9.80 Å². The summed E-state index contributed by atoms with van der Waals surface area (Å²) in [5.41, 5.74) is -0.0782. The van der Waals surface area contributed by atoms with E-state index in [4.69, 9.17) is 0 Å². The zero-order chi connectivity index (χ0) is 14.5. The number of nitrogens with zero attached hydrogens (tertiary/aromatic N) is 2. The summed E-state index contributed by atoms with van der Waals surface area (Å²) < 4.78 is 0. The Morgan fingerprint density at radius 2 is 1.80 bits per heavy atom. The van der Waals surface area contributed by atoms with Crippen molar-refractivity contribution in [3.8, 4) is 0 Å². The number of piperidine rings is 1. The number of rotatable bonds is 2. The van der Waals surface area contributed by atoms with Crippen LogP contribution >= 0.6 is 0 Å². The van der Waals surface area contributed by atoms with Gasteiger partial charge in [-0.1, -0.05) is 13.8 Å². The van der Waals surface area contributed by atoms with E-state index in [1.165, 1.54) is 6.42 Å². The number of carbonyl (C=O) groups excluding carboxylic acids is 2. The molecule has 0 aromatic rings. The van der Waals surface area contributed by atoms with Gasteiger partial charge in [-0.25, -0.2) is 0 Å². The third-order valence-corrected chi connectivity index (χ3v) is 5.48. The highest BCUT2D eigenvalue weighted by molar-refractivity contribution is 5.97. The van der Waals surface area contributed by atoms with E-state index in [9.17, 15) is 9.59 Å². The van der Waals surface area contributed by atoms with E-state index >= 15 is 0 Å². The van der Waals surface area contributed by atoms with Crippen molar-refractivity contribution in [1.29, 1.82) is 0 Å². The van der Waals surface area contributed by atoms with Crippen molar-refractivity contribution in [2.45, 2.75) is 76.9 Å². The largest absolute Gasteiger partial charge is 0.329 e. The number of piperazine rings is 1. The summed E-state index contributed by atoms with van der Waals surface area (Å²) in [5.74, 6) is 0.592. The molecule has 0 spiro atoms. The average molecular weight is 278 g/mol. The fourth-order valence-electron chi connectivity index (χ4n) is 4.14. The third kappa shape index (κ3) is 1.87. The average Bonchev–Trinajstić information content (AvgIpc) is 2.39. The van der Waals surface area contributed by atoms with Crippen LogP contribution < -0.4 is 0 Å². The minimum Gasteiger partial charge on any atom is -0.329 e. The molecule has 0 bridgehead atoms. The molecular formula is C16H26N2O2. The molecule has 0 aromatic carbocycles. The molecule has 1 saturated carbocycles. The summed E-state index contributed by atoms with van der Waals surface area (Å²) in [7, 11) is 0. The van der Waals surface area contributed by atoms with Crippen LogP contribution in [-0.2, 0) is 9.59 Å². The summed E-state index contributed by atoms with van der Waals surface area (Å²) in [4.78, 5) is 29.7. The first kappa shape index (κ1) is 13.9. The van der Waals surface area contributed by atoms with Gasteiger partial charge in [0.05, 0.1) is 0 Å². The van der Waals surface area contributed by atoms with E-state index in [-0.39, 0.29) is 35.4 Å². The Hall–Kier alpha value is -1.06. The molecule has 2 atom stereocenters. The topological polar surface area (TPSA) is 40.6 Å². The number of fused-ring (bicyclic) bond motifs is 1. The second-order valence-corrected chi connectivity index (χ2v) is 7.29. The zero-order valence-electron chi connectivity index (χ0n) is 12.9. The summed E-state index contributed by atoms with van der Waals surface area (Å²) in [6.45, 7) is 7.06. The molecule has 2 unspecified atom stereocenters. The highest BCUT2D eigenvalue weighted by Gasteiger charge is 2.54. The molecule has 4 nitrogen and oxygen atoms in total. The highest BCUT2D eigenvalue weighted by atomic mass is 16.2. The maximum Gasteiger partial charge on any atom is 0.246 e. The quantitative estimate of drug-likeness (QED) is 0.777. The fourth-order valence-corrected chi connectivity index (χ4v) is 4.14. The van der Waals surface area contributed by atoms with Crippen LogP contribution in [0, 0.1) is 5.92 Å². The number of hydrogen-bond acceptors (Lipinski definition) is 2. The van der Waals surface area contributed by atoms with Crippen LogP contribution in [0.4, 0.5) is 0 Å². The summed E-state index contributed by atoms with van der Waals surface area (Å²) in [5, 5.41) is 0. The smallest absolute Gasteiger partial charge is 0.246 e. The van der Waals surface area contributed by atoms with Crippen LogP contribution in [0.2, 0.25) is 0 Å². The predicted octanol–water partition coefficient (Wildman–Crippen LogP) is 2.18. The molecule has 3 fully saturated rings. The van der Waals surface area contributed by atoms with Gasteiger partial charge < -0.3 is 9.80 Å². The molecule has 3 rings (SSSR count). The Bertz CT molecular complexity index is 428. The SMILES string of the molecule is CC(C)C1C(=O)N2CCCCC2C(=O)N1C1(C)CCC1. The molecule has 3 aliphatic rings. The normalized spacial score (nSPS) is 33.2. The van der Waals surface area contributed by atoms with Crippen molar-refractivity contribution >= 4 is 11.8 Å². The van der Waals surface area contributed by atoms with Gasteiger partial charge in [0, 0.05) is 12.1 Å². The van der Waals surface area contributed by atoms with Crippen LogP contribution in [-0.4, -0.2) is 45.8 Å². The molecule has 1 aliphatic carbocycles. The summed E-state index contributed by atoms with van der Waals surface area (Å²) >= 11 is 0. The molecule has 2 amide bonds. The lowest BCUT2D eigenvalue weighted by Crippen LogP contribution is -2.72. The van der Waals surface area contributed by atoms with Crippen LogP contribution in [0.3, 0.4) is 0 Å². The second-order valence-electron chi connectivity index (χ2n) is 7.29. The highest BCUT2D eigenvalue weighted by Crippen LogP contribution is 2.43. The molecule has 112 valence electrons. The van der Waals surface area contributed by atoms with Crippen molar-refractivity contribution in [3.63, 3.8) is 0 Å². The Morgan fingerprint density at radius 1 is 1.10 bits per heavy atom. The van der Waals surface area contributed by atoms with Crippen molar-refractivity contribution in [3.05, 3.63) is 0 Å². The summed E-state index contributed by atoms with van der Waals surface area (Å²) in [6.07, 6.45) is 6.22. The van der Waals surface area contributed by atoms with Crippen LogP contribution in [0.5, 0.6) is 0 Å². The van der Waals surface area contributed by atoms with Gasteiger partial charge in [0.25, 0.3) is 0 Å². The number of carbonyl (C=O) groups is 2. The molecule has 4 heteroatoms. The van der Waals surface area contributed by atoms with E-state index in [1.807, 2.05) is 9.80 Å². The third-order valence-electron chi connectivity index (χ3n) is 5.48. The van der Waals surface area contributed by atoms with Gasteiger partial charge in [0.2, 0.25) is 11.8 Å². The maximum absolute atomic E-state index is 13.0. The van der Waals surface area contributed by atoms with Gasteiger partial charge in [-0.3, -0.25) is 9.59 Å². The van der Waals surface area contributed by atoms with Crippen molar-refractivity contribution in [2.24, 2.45) is 5.92 Å². The number of amides is 2. The zero-order valence-corrected chi connectivity index (χ0v) is 12.9. The van der Waals surface area contributed by atoms with Crippen LogP contribution in [0.15, 0.2) is 0 Å². The number of hydrogen-bond donors (Lipinski definition) is 0. The van der Waals surface area contributed by atoms with Gasteiger partial charge in [-0.2, -0.15) is 0 Å². The van der Waals surface area contributed by atoms with E-state index in [0.717, 1.165) is 38.6 Å². The van der Waals surface area contributed by atoms with E-state index < -0.39 is 0 Å². The summed E-state index contributed by atoms with van der Waals surface area (Å²) in [6, 6.07) is -0.425. The minimum atomic E-state index is -0.248. The lowest BCUT2D eigenvalue weighted by molar-refractivity contribution is -0.177. The van der Waals surface area contributed by atoms with Gasteiger partial charge in [0.1, 0.15) is 12.1 Å². The lowest BCUT2D eigenvalue weighted by atomic mass is 9.73. The molecule has 2 aliphatic heterocycles. The lowest BCUT2D eigenvalue weighted by Gasteiger charge is -2.57.